The zero-order chi connectivity index (χ0) is 27.7. The summed E-state index contributed by atoms with van der Waals surface area (Å²) in [6.07, 6.45) is 4.36. The fourth-order valence-corrected chi connectivity index (χ4v) is 5.62. The van der Waals surface area contributed by atoms with Gasteiger partial charge in [-0.15, -0.1) is 0 Å². The number of hydrogen-bond donors (Lipinski definition) is 2. The third kappa shape index (κ3) is 5.73. The van der Waals surface area contributed by atoms with Crippen molar-refractivity contribution in [1.82, 2.24) is 24.8 Å². The molecule has 14 heteroatoms. The number of fused-ring (bicyclic) bond motifs is 1. The van der Waals surface area contributed by atoms with Gasteiger partial charge in [-0.3, -0.25) is 9.52 Å². The summed E-state index contributed by atoms with van der Waals surface area (Å²) in [5.41, 5.74) is 1.83. The number of carbonyl (C=O) groups is 1. The van der Waals surface area contributed by atoms with Crippen molar-refractivity contribution < 1.29 is 22.0 Å². The van der Waals surface area contributed by atoms with E-state index in [4.69, 9.17) is 11.6 Å². The Morgan fingerprint density at radius 2 is 1.85 bits per heavy atom. The van der Waals surface area contributed by atoms with E-state index in [-0.39, 0.29) is 22.8 Å². The van der Waals surface area contributed by atoms with Crippen LogP contribution in [0.2, 0.25) is 5.15 Å². The van der Waals surface area contributed by atoms with Crippen LogP contribution in [0.3, 0.4) is 0 Å². The summed E-state index contributed by atoms with van der Waals surface area (Å²) in [7, 11) is -4.44. The van der Waals surface area contributed by atoms with Gasteiger partial charge in [-0.1, -0.05) is 11.6 Å². The summed E-state index contributed by atoms with van der Waals surface area (Å²) in [6.45, 7) is 2.84. The van der Waals surface area contributed by atoms with Crippen LogP contribution in [0, 0.1) is 11.6 Å². The molecule has 4 heterocycles. The molecule has 202 valence electrons. The Hall–Kier alpha value is -3.97. The minimum atomic E-state index is -4.44. The summed E-state index contributed by atoms with van der Waals surface area (Å²) in [5.74, 6) is -1.58. The topological polar surface area (TPSA) is 130 Å². The molecular weight excluding hydrogens is 552 g/mol. The normalized spacial score (nSPS) is 14.4. The van der Waals surface area contributed by atoms with Crippen molar-refractivity contribution in [3.05, 3.63) is 65.7 Å². The maximum Gasteiger partial charge on any atom is 0.264 e. The van der Waals surface area contributed by atoms with Gasteiger partial charge in [0.05, 0.1) is 16.9 Å². The lowest BCUT2D eigenvalue weighted by molar-refractivity contribution is -0.129. The monoisotopic (exact) mass is 573 g/mol. The van der Waals surface area contributed by atoms with Crippen LogP contribution in [0.5, 0.6) is 0 Å². The van der Waals surface area contributed by atoms with Gasteiger partial charge in [-0.25, -0.2) is 37.1 Å². The number of benzene rings is 1. The summed E-state index contributed by atoms with van der Waals surface area (Å²) < 4.78 is 55.2. The van der Waals surface area contributed by atoms with E-state index in [1.54, 1.807) is 24.0 Å². The number of nitrogens with one attached hydrogen (secondary N) is 2. The molecule has 10 nitrogen and oxygen atoms in total. The molecule has 1 aliphatic rings. The highest BCUT2D eigenvalue weighted by Gasteiger charge is 2.23. The lowest BCUT2D eigenvalue weighted by Crippen LogP contribution is -2.41. The highest BCUT2D eigenvalue weighted by molar-refractivity contribution is 7.92. The van der Waals surface area contributed by atoms with Crippen LogP contribution in [-0.4, -0.2) is 58.3 Å². The summed E-state index contributed by atoms with van der Waals surface area (Å²) in [5, 5.41) is 3.23. The van der Waals surface area contributed by atoms with Gasteiger partial charge in [0.25, 0.3) is 10.0 Å². The first-order valence-corrected chi connectivity index (χ1v) is 13.7. The molecule has 0 bridgehead atoms. The average Bonchev–Trinajstić information content (AvgIpc) is 2.90. The average molecular weight is 574 g/mol. The van der Waals surface area contributed by atoms with Gasteiger partial charge in [-0.05, 0) is 43.2 Å². The number of pyridine rings is 2. The van der Waals surface area contributed by atoms with E-state index in [1.165, 1.54) is 18.6 Å². The van der Waals surface area contributed by atoms with E-state index in [0.29, 0.717) is 47.3 Å². The Bertz CT molecular complexity index is 1680. The fraction of sp³-hybridized carbons (Fsp3) is 0.240. The lowest BCUT2D eigenvalue weighted by atomic mass is 10.0. The predicted molar refractivity (Wildman–Crippen MR) is 142 cm³/mol. The van der Waals surface area contributed by atoms with Crippen LogP contribution in [0.15, 0.2) is 53.8 Å². The second-order valence-electron chi connectivity index (χ2n) is 8.95. The minimum Gasteiger partial charge on any atom is -0.365 e. The maximum absolute atomic E-state index is 14.1. The lowest BCUT2D eigenvalue weighted by Gasteiger charge is -2.32. The third-order valence-corrected chi connectivity index (χ3v) is 8.03. The number of hydrogen-bond acceptors (Lipinski definition) is 8. The Labute approximate surface area is 227 Å². The molecule has 0 radical (unpaired) electrons. The summed E-state index contributed by atoms with van der Waals surface area (Å²) in [4.78, 5) is 30.1. The van der Waals surface area contributed by atoms with Crippen LogP contribution in [0.25, 0.3) is 22.3 Å². The van der Waals surface area contributed by atoms with Crippen LogP contribution in [0.4, 0.5) is 20.3 Å². The highest BCUT2D eigenvalue weighted by Crippen LogP contribution is 2.30. The largest absolute Gasteiger partial charge is 0.365 e. The molecule has 0 spiro atoms. The van der Waals surface area contributed by atoms with Crippen molar-refractivity contribution in [2.75, 3.05) is 23.1 Å². The Morgan fingerprint density at radius 1 is 1.08 bits per heavy atom. The van der Waals surface area contributed by atoms with Crippen molar-refractivity contribution in [2.24, 2.45) is 0 Å². The Kier molecular flexibility index (Phi) is 7.28. The van der Waals surface area contributed by atoms with Gasteiger partial charge in [-0.2, -0.15) is 0 Å². The molecule has 0 unspecified atom stereocenters. The van der Waals surface area contributed by atoms with Crippen molar-refractivity contribution in [2.45, 2.75) is 30.7 Å². The third-order valence-electron chi connectivity index (χ3n) is 6.33. The molecule has 1 saturated heterocycles. The molecule has 1 aromatic carbocycles. The van der Waals surface area contributed by atoms with Gasteiger partial charge in [0.1, 0.15) is 28.4 Å². The number of nitrogens with zero attached hydrogens (tertiary/aromatic N) is 5. The molecule has 1 aliphatic heterocycles. The standard InChI is InChI=1S/C25H22ClF2N7O3S/c1-14(36)35-8-6-17(7-9-35)32-25-23-20(30-13-31-25)4-3-19(33-23)15-10-21(24(26)29-12-15)34-39(37,38)22-5-2-16(27)11-18(22)28/h2-5,10-13,17,34H,6-9H2,1H3,(H,30,31,32). The Morgan fingerprint density at radius 3 is 2.56 bits per heavy atom. The minimum absolute atomic E-state index is 0.0493. The van der Waals surface area contributed by atoms with Crippen LogP contribution >= 0.6 is 11.6 Å². The van der Waals surface area contributed by atoms with Gasteiger partial charge in [0.15, 0.2) is 11.0 Å². The molecule has 1 amide bonds. The fourth-order valence-electron chi connectivity index (χ4n) is 4.29. The van der Waals surface area contributed by atoms with Gasteiger partial charge in [0, 0.05) is 43.9 Å². The molecule has 5 rings (SSSR count). The van der Waals surface area contributed by atoms with Gasteiger partial charge < -0.3 is 10.2 Å². The van der Waals surface area contributed by atoms with E-state index < -0.39 is 26.6 Å². The SMILES string of the molecule is CC(=O)N1CCC(Nc2ncnc3ccc(-c4cnc(Cl)c(NS(=O)(=O)c5ccc(F)cc5F)c4)nc23)CC1. The number of likely N-dealkylation sites (tertiary alicyclic amines) is 1. The zero-order valence-electron chi connectivity index (χ0n) is 20.5. The quantitative estimate of drug-likeness (QED) is 0.328. The number of halogens is 3. The molecule has 39 heavy (non-hydrogen) atoms. The number of anilines is 2. The molecule has 0 aliphatic carbocycles. The van der Waals surface area contributed by atoms with Crippen LogP contribution in [0.1, 0.15) is 19.8 Å². The van der Waals surface area contributed by atoms with E-state index in [0.717, 1.165) is 25.0 Å². The smallest absolute Gasteiger partial charge is 0.264 e. The molecule has 0 atom stereocenters. The van der Waals surface area contributed by atoms with Crippen molar-refractivity contribution in [3.63, 3.8) is 0 Å². The zero-order valence-corrected chi connectivity index (χ0v) is 22.1. The molecular formula is C25H22ClF2N7O3S. The summed E-state index contributed by atoms with van der Waals surface area (Å²) >= 11 is 6.13. The first-order valence-electron chi connectivity index (χ1n) is 11.9. The van der Waals surface area contributed by atoms with E-state index in [1.807, 2.05) is 0 Å². The second kappa shape index (κ2) is 10.7. The number of piperidine rings is 1. The van der Waals surface area contributed by atoms with Crippen LogP contribution < -0.4 is 10.0 Å². The van der Waals surface area contributed by atoms with Crippen molar-refractivity contribution in [3.8, 4) is 11.3 Å². The molecule has 0 saturated carbocycles. The van der Waals surface area contributed by atoms with E-state index in [2.05, 4.69) is 30.0 Å². The van der Waals surface area contributed by atoms with Gasteiger partial charge >= 0.3 is 0 Å². The molecule has 3 aromatic heterocycles. The highest BCUT2D eigenvalue weighted by atomic mass is 35.5. The first-order chi connectivity index (χ1) is 18.6. The number of aromatic nitrogens is 4. The molecule has 1 fully saturated rings. The molecule has 2 N–H and O–H groups in total. The number of carbonyl (C=O) groups excluding carboxylic acids is 1. The maximum atomic E-state index is 14.1. The molecule has 4 aromatic rings. The first kappa shape index (κ1) is 26.6. The summed E-state index contributed by atoms with van der Waals surface area (Å²) in [6, 6.07) is 7.08. The van der Waals surface area contributed by atoms with Gasteiger partial charge in [0.2, 0.25) is 5.91 Å². The number of amides is 1. The van der Waals surface area contributed by atoms with E-state index >= 15 is 0 Å². The van der Waals surface area contributed by atoms with E-state index in [9.17, 15) is 22.0 Å². The second-order valence-corrected chi connectivity index (χ2v) is 11.0. The number of sulfonamides is 1. The van der Waals surface area contributed by atoms with Crippen LogP contribution in [-0.2, 0) is 14.8 Å². The van der Waals surface area contributed by atoms with Crippen molar-refractivity contribution in [1.29, 1.82) is 0 Å². The number of rotatable bonds is 6. The van der Waals surface area contributed by atoms with Crippen molar-refractivity contribution >= 4 is 50.1 Å². The predicted octanol–water partition coefficient (Wildman–Crippen LogP) is 4.24. The Balaban J connectivity index is 1.43.